The van der Waals surface area contributed by atoms with Gasteiger partial charge in [-0.15, -0.1) is 0 Å². The predicted octanol–water partition coefficient (Wildman–Crippen LogP) is 3.66. The van der Waals surface area contributed by atoms with E-state index >= 15 is 0 Å². The van der Waals surface area contributed by atoms with E-state index in [0.29, 0.717) is 17.5 Å². The van der Waals surface area contributed by atoms with Gasteiger partial charge in [-0.3, -0.25) is 9.59 Å². The summed E-state index contributed by atoms with van der Waals surface area (Å²) in [7, 11) is 3.78. The molecule has 7 rings (SSSR count). The molecule has 3 saturated heterocycles. The number of carbonyl (C=O) groups is 2. The molecule has 2 aliphatic carbocycles. The SMILES string of the molecule is C1CC[Si]OC1.C1CC[Si]OC1.CC(=O)Oc1ccc2c3c1O[C@H]1[C@@H](OC(C)=O)C=C[C@H]4[C@@H](C2)N(C)CC[C@@]341. The number of likely N-dealkylation sites (tertiary alicyclic amines) is 1. The quantitative estimate of drug-likeness (QED) is 0.231. The van der Waals surface area contributed by atoms with Gasteiger partial charge in [-0.2, -0.15) is 0 Å². The number of hydrogen-bond donors (Lipinski definition) is 0. The molecule has 3 fully saturated rings. The van der Waals surface area contributed by atoms with Crippen LogP contribution in [0.1, 0.15) is 57.1 Å². The van der Waals surface area contributed by atoms with Gasteiger partial charge >= 0.3 is 11.9 Å². The average Bonchev–Trinajstić information content (AvgIpc) is 3.30. The second kappa shape index (κ2) is 12.7. The molecular formula is C29H39NO7Si2. The monoisotopic (exact) mass is 569 g/mol. The zero-order chi connectivity index (χ0) is 27.4. The molecule has 10 heteroatoms. The lowest BCUT2D eigenvalue weighted by molar-refractivity contribution is -0.152. The minimum absolute atomic E-state index is 0.245. The molecule has 4 aliphatic heterocycles. The van der Waals surface area contributed by atoms with Crippen molar-refractivity contribution >= 4 is 31.5 Å². The Morgan fingerprint density at radius 1 is 1.00 bits per heavy atom. The van der Waals surface area contributed by atoms with Crippen molar-refractivity contribution < 1.29 is 32.7 Å². The van der Waals surface area contributed by atoms with Crippen LogP contribution < -0.4 is 9.47 Å². The normalized spacial score (nSPS) is 31.8. The lowest BCUT2D eigenvalue weighted by atomic mass is 9.53. The predicted molar refractivity (Wildman–Crippen MR) is 148 cm³/mol. The number of hydrogen-bond acceptors (Lipinski definition) is 8. The highest BCUT2D eigenvalue weighted by Crippen LogP contribution is 2.62. The van der Waals surface area contributed by atoms with Gasteiger partial charge in [0.15, 0.2) is 17.6 Å². The summed E-state index contributed by atoms with van der Waals surface area (Å²) in [6.45, 7) is 5.80. The molecule has 0 amide bonds. The van der Waals surface area contributed by atoms with Crippen LogP contribution in [-0.2, 0) is 35.0 Å². The molecule has 5 atom stereocenters. The largest absolute Gasteiger partial charge is 0.481 e. The van der Waals surface area contributed by atoms with Crippen LogP contribution in [0.15, 0.2) is 24.3 Å². The van der Waals surface area contributed by atoms with Crippen LogP contribution in [0.5, 0.6) is 11.5 Å². The fourth-order valence-electron chi connectivity index (χ4n) is 6.77. The van der Waals surface area contributed by atoms with Gasteiger partial charge in [-0.1, -0.05) is 25.0 Å². The summed E-state index contributed by atoms with van der Waals surface area (Å²) in [6.07, 6.45) is 10.7. The van der Waals surface area contributed by atoms with Crippen molar-refractivity contribution in [2.24, 2.45) is 5.92 Å². The average molecular weight is 570 g/mol. The Hall–Kier alpha value is -1.99. The van der Waals surface area contributed by atoms with Gasteiger partial charge in [0.2, 0.25) is 19.5 Å². The van der Waals surface area contributed by atoms with E-state index in [9.17, 15) is 9.59 Å². The number of piperidine rings is 1. The number of benzene rings is 1. The molecule has 210 valence electrons. The second-order valence-electron chi connectivity index (χ2n) is 11.0. The molecule has 8 nitrogen and oxygen atoms in total. The molecule has 0 aromatic heterocycles. The van der Waals surface area contributed by atoms with E-state index in [1.54, 1.807) is 0 Å². The van der Waals surface area contributed by atoms with E-state index in [-0.39, 0.29) is 29.4 Å². The maximum atomic E-state index is 11.7. The van der Waals surface area contributed by atoms with Crippen LogP contribution >= 0.6 is 0 Å². The molecule has 6 aliphatic rings. The lowest BCUT2D eigenvalue weighted by Gasteiger charge is -2.56. The number of esters is 2. The molecule has 1 aromatic rings. The summed E-state index contributed by atoms with van der Waals surface area (Å²) < 4.78 is 27.7. The molecular weight excluding hydrogens is 530 g/mol. The second-order valence-corrected chi connectivity index (χ2v) is 13.1. The van der Waals surface area contributed by atoms with Crippen LogP contribution in [0.2, 0.25) is 12.1 Å². The molecule has 4 radical (unpaired) electrons. The van der Waals surface area contributed by atoms with Gasteiger partial charge < -0.3 is 28.0 Å². The number of ether oxygens (including phenoxy) is 3. The van der Waals surface area contributed by atoms with E-state index in [2.05, 4.69) is 24.1 Å². The Balaban J connectivity index is 0.000000211. The summed E-state index contributed by atoms with van der Waals surface area (Å²) >= 11 is 0. The van der Waals surface area contributed by atoms with Gasteiger partial charge in [-0.05, 0) is 69.1 Å². The highest BCUT2D eigenvalue weighted by Gasteiger charge is 2.65. The first kappa shape index (κ1) is 28.5. The summed E-state index contributed by atoms with van der Waals surface area (Å²) in [5, 5.41) is 0. The molecule has 0 saturated carbocycles. The maximum Gasteiger partial charge on any atom is 0.308 e. The first-order chi connectivity index (χ1) is 18.9. The first-order valence-electron chi connectivity index (χ1n) is 14.2. The Kier molecular flexibility index (Phi) is 9.28. The van der Waals surface area contributed by atoms with Gasteiger partial charge in [0.05, 0.1) is 0 Å². The van der Waals surface area contributed by atoms with Crippen molar-refractivity contribution in [3.8, 4) is 11.5 Å². The summed E-state index contributed by atoms with van der Waals surface area (Å²) in [4.78, 5) is 25.7. The van der Waals surface area contributed by atoms with Gasteiger partial charge in [0.1, 0.15) is 6.10 Å². The lowest BCUT2D eigenvalue weighted by Crippen LogP contribution is -2.65. The number of rotatable bonds is 2. The minimum atomic E-state index is -0.439. The van der Waals surface area contributed by atoms with Gasteiger partial charge in [0.25, 0.3) is 0 Å². The van der Waals surface area contributed by atoms with Gasteiger partial charge in [0, 0.05) is 50.0 Å². The zero-order valence-electron chi connectivity index (χ0n) is 23.2. The fourth-order valence-corrected chi connectivity index (χ4v) is 8.42. The molecule has 39 heavy (non-hydrogen) atoms. The van der Waals surface area contributed by atoms with Crippen LogP contribution in [0.25, 0.3) is 0 Å². The Bertz CT molecular complexity index is 1040. The van der Waals surface area contributed by atoms with E-state index in [0.717, 1.165) is 57.7 Å². The fraction of sp³-hybridized carbons (Fsp3) is 0.655. The summed E-state index contributed by atoms with van der Waals surface area (Å²) in [5.74, 6) is 0.712. The van der Waals surface area contributed by atoms with E-state index in [1.165, 1.54) is 57.2 Å². The van der Waals surface area contributed by atoms with Crippen LogP contribution in [0.4, 0.5) is 0 Å². The maximum absolute atomic E-state index is 11.7. The van der Waals surface area contributed by atoms with E-state index in [4.69, 9.17) is 23.1 Å². The zero-order valence-corrected chi connectivity index (χ0v) is 25.2. The third-order valence-corrected chi connectivity index (χ3v) is 10.4. The third-order valence-electron chi connectivity index (χ3n) is 8.43. The number of nitrogens with zero attached hydrogens (tertiary/aromatic N) is 1. The standard InChI is InChI=1S/C21H23NO5.2C4H8OSi/c1-11(23)25-16-6-4-13-10-15-14-5-7-17(26-12(2)24)20-21(14,8-9-22(15)3)18(13)19(16)27-20;2*1-2-4-6-5-3-1/h4-7,14-15,17,20H,8-10H2,1-3H3;2*1-4H2/t14-,15+,17-,20-,21-;;/m0../s1. The van der Waals surface area contributed by atoms with Crippen LogP contribution in [0, 0.1) is 5.92 Å². The van der Waals surface area contributed by atoms with Gasteiger partial charge in [-0.25, -0.2) is 0 Å². The molecule has 2 bridgehead atoms. The molecule has 0 N–H and O–H groups in total. The molecule has 1 aromatic carbocycles. The Morgan fingerprint density at radius 2 is 1.72 bits per heavy atom. The van der Waals surface area contributed by atoms with Crippen molar-refractivity contribution in [1.82, 2.24) is 4.90 Å². The van der Waals surface area contributed by atoms with Crippen molar-refractivity contribution in [1.29, 1.82) is 0 Å². The highest BCUT2D eigenvalue weighted by atomic mass is 28.2. The van der Waals surface area contributed by atoms with Crippen LogP contribution in [0.3, 0.4) is 0 Å². The topological polar surface area (TPSA) is 83.5 Å². The molecule has 1 spiro atoms. The minimum Gasteiger partial charge on any atom is -0.481 e. The number of carbonyl (C=O) groups excluding carboxylic acids is 2. The van der Waals surface area contributed by atoms with Crippen LogP contribution in [-0.4, -0.2) is 81.4 Å². The Labute approximate surface area is 236 Å². The summed E-state index contributed by atoms with van der Waals surface area (Å²) in [5.41, 5.74) is 2.15. The smallest absolute Gasteiger partial charge is 0.308 e. The third kappa shape index (κ3) is 5.90. The highest BCUT2D eigenvalue weighted by molar-refractivity contribution is 6.27. The van der Waals surface area contributed by atoms with Crippen molar-refractivity contribution in [2.45, 2.75) is 88.1 Å². The molecule has 4 heterocycles. The number of likely N-dealkylation sites (N-methyl/N-ethyl adjacent to an activating group) is 1. The van der Waals surface area contributed by atoms with E-state index in [1.807, 2.05) is 12.1 Å². The first-order valence-corrected chi connectivity index (χ1v) is 16.4. The summed E-state index contributed by atoms with van der Waals surface area (Å²) in [6, 6.07) is 6.89. The van der Waals surface area contributed by atoms with Crippen molar-refractivity contribution in [3.63, 3.8) is 0 Å². The molecule has 0 unspecified atom stereocenters. The van der Waals surface area contributed by atoms with Crippen molar-refractivity contribution in [2.75, 3.05) is 26.8 Å². The van der Waals surface area contributed by atoms with E-state index < -0.39 is 6.10 Å². The van der Waals surface area contributed by atoms with Crippen molar-refractivity contribution in [3.05, 3.63) is 35.4 Å². The Morgan fingerprint density at radius 3 is 2.26 bits per heavy atom.